The van der Waals surface area contributed by atoms with Crippen LogP contribution in [0.15, 0.2) is 33.4 Å². The van der Waals surface area contributed by atoms with Crippen LogP contribution in [0.25, 0.3) is 11.5 Å². The monoisotopic (exact) mass is 283 g/mol. The van der Waals surface area contributed by atoms with Gasteiger partial charge in [-0.25, -0.2) is 0 Å². The Balaban J connectivity index is 0.00000133. The lowest BCUT2D eigenvalue weighted by molar-refractivity contribution is 0.196. The molecular weight excluding hydrogens is 266 g/mol. The third-order valence-electron chi connectivity index (χ3n) is 3.25. The lowest BCUT2D eigenvalue weighted by Crippen LogP contribution is -2.42. The number of nitrogens with two attached hydrogens (primary N) is 1. The van der Waals surface area contributed by atoms with Gasteiger partial charge in [0.2, 0.25) is 5.76 Å². The molecule has 0 aromatic carbocycles. The van der Waals surface area contributed by atoms with Crippen LogP contribution in [0.4, 0.5) is 0 Å². The predicted molar refractivity (Wildman–Crippen MR) is 73.9 cm³/mol. The van der Waals surface area contributed by atoms with Crippen LogP contribution in [0, 0.1) is 0 Å². The first-order valence-corrected chi connectivity index (χ1v) is 6.28. The van der Waals surface area contributed by atoms with Gasteiger partial charge in [0, 0.05) is 25.2 Å². The molecule has 1 aliphatic heterocycles. The quantitative estimate of drug-likeness (QED) is 0.936. The van der Waals surface area contributed by atoms with Crippen molar-refractivity contribution < 1.29 is 8.94 Å². The Kier molecular flexibility index (Phi) is 4.63. The van der Waals surface area contributed by atoms with E-state index >= 15 is 0 Å². The molecule has 3 heterocycles. The molecule has 0 aliphatic carbocycles. The number of hydrogen-bond donors (Lipinski definition) is 1. The van der Waals surface area contributed by atoms with Crippen molar-refractivity contribution in [2.75, 3.05) is 13.1 Å². The van der Waals surface area contributed by atoms with E-state index in [1.54, 1.807) is 6.26 Å². The van der Waals surface area contributed by atoms with Crippen LogP contribution in [0.5, 0.6) is 0 Å². The number of piperidine rings is 1. The van der Waals surface area contributed by atoms with Crippen LogP contribution in [-0.2, 0) is 6.54 Å². The summed E-state index contributed by atoms with van der Waals surface area (Å²) in [6, 6.07) is 5.91. The van der Waals surface area contributed by atoms with Crippen LogP contribution in [0.2, 0.25) is 0 Å². The lowest BCUT2D eigenvalue weighted by Gasteiger charge is -2.29. The first-order chi connectivity index (χ1) is 8.81. The van der Waals surface area contributed by atoms with E-state index in [2.05, 4.69) is 10.1 Å². The summed E-state index contributed by atoms with van der Waals surface area (Å²) in [5.41, 5.74) is 6.89. The van der Waals surface area contributed by atoms with E-state index in [1.165, 1.54) is 0 Å². The number of hydrogen-bond acceptors (Lipinski definition) is 5. The summed E-state index contributed by atoms with van der Waals surface area (Å²) < 4.78 is 10.5. The van der Waals surface area contributed by atoms with E-state index in [4.69, 9.17) is 14.7 Å². The van der Waals surface area contributed by atoms with E-state index in [0.717, 1.165) is 38.2 Å². The Bertz CT molecular complexity index is 498. The predicted octanol–water partition coefficient (Wildman–Crippen LogP) is 2.28. The van der Waals surface area contributed by atoms with Crippen LogP contribution in [-0.4, -0.2) is 29.2 Å². The van der Waals surface area contributed by atoms with E-state index in [0.29, 0.717) is 11.5 Å². The van der Waals surface area contributed by atoms with Gasteiger partial charge in [-0.05, 0) is 31.5 Å². The molecule has 2 aromatic heterocycles. The second-order valence-electron chi connectivity index (χ2n) is 4.80. The highest BCUT2D eigenvalue weighted by Crippen LogP contribution is 2.21. The molecule has 1 saturated heterocycles. The molecule has 0 bridgehead atoms. The topological polar surface area (TPSA) is 68.4 Å². The molecule has 5 nitrogen and oxygen atoms in total. The first-order valence-electron chi connectivity index (χ1n) is 6.28. The summed E-state index contributed by atoms with van der Waals surface area (Å²) in [5, 5.41) is 4.07. The molecule has 0 unspecified atom stereocenters. The highest BCUT2D eigenvalue weighted by molar-refractivity contribution is 5.85. The minimum Gasteiger partial charge on any atom is -0.461 e. The Morgan fingerprint density at radius 2 is 2.32 bits per heavy atom. The molecule has 6 heteroatoms. The molecule has 0 spiro atoms. The summed E-state index contributed by atoms with van der Waals surface area (Å²) in [5.74, 6) is 1.39. The molecule has 0 radical (unpaired) electrons. The van der Waals surface area contributed by atoms with Gasteiger partial charge in [-0.3, -0.25) is 4.90 Å². The average Bonchev–Trinajstić information content (AvgIpc) is 2.98. The van der Waals surface area contributed by atoms with E-state index < -0.39 is 0 Å². The van der Waals surface area contributed by atoms with Gasteiger partial charge in [-0.1, -0.05) is 5.16 Å². The third kappa shape index (κ3) is 3.37. The molecule has 3 rings (SSSR count). The first kappa shape index (κ1) is 14.1. The second-order valence-corrected chi connectivity index (χ2v) is 4.80. The minimum atomic E-state index is 0. The molecule has 1 fully saturated rings. The van der Waals surface area contributed by atoms with Gasteiger partial charge >= 0.3 is 0 Å². The van der Waals surface area contributed by atoms with Crippen LogP contribution in [0.3, 0.4) is 0 Å². The van der Waals surface area contributed by atoms with E-state index in [9.17, 15) is 0 Å². The summed E-state index contributed by atoms with van der Waals surface area (Å²) in [4.78, 5) is 2.32. The number of likely N-dealkylation sites (tertiary alicyclic amines) is 1. The number of halogens is 1. The van der Waals surface area contributed by atoms with Crippen LogP contribution in [0.1, 0.15) is 18.5 Å². The van der Waals surface area contributed by atoms with Crippen molar-refractivity contribution in [2.45, 2.75) is 25.4 Å². The zero-order chi connectivity index (χ0) is 12.4. The Morgan fingerprint density at radius 1 is 1.42 bits per heavy atom. The smallest absolute Gasteiger partial charge is 0.202 e. The molecule has 1 atom stereocenters. The zero-order valence-corrected chi connectivity index (χ0v) is 11.4. The van der Waals surface area contributed by atoms with Crippen molar-refractivity contribution in [2.24, 2.45) is 5.73 Å². The molecule has 1 aliphatic rings. The maximum atomic E-state index is 5.96. The fourth-order valence-corrected chi connectivity index (χ4v) is 2.39. The lowest BCUT2D eigenvalue weighted by atomic mass is 10.1. The Morgan fingerprint density at radius 3 is 3.05 bits per heavy atom. The zero-order valence-electron chi connectivity index (χ0n) is 10.6. The van der Waals surface area contributed by atoms with Gasteiger partial charge in [0.05, 0.1) is 12.0 Å². The number of aromatic nitrogens is 1. The third-order valence-corrected chi connectivity index (χ3v) is 3.25. The van der Waals surface area contributed by atoms with Crippen LogP contribution >= 0.6 is 12.4 Å². The van der Waals surface area contributed by atoms with Crippen LogP contribution < -0.4 is 5.73 Å². The fourth-order valence-electron chi connectivity index (χ4n) is 2.39. The number of nitrogens with zero attached hydrogens (tertiary/aromatic N) is 2. The summed E-state index contributed by atoms with van der Waals surface area (Å²) in [7, 11) is 0. The maximum absolute atomic E-state index is 5.96. The van der Waals surface area contributed by atoms with Gasteiger partial charge < -0.3 is 14.7 Å². The van der Waals surface area contributed by atoms with Crippen molar-refractivity contribution >= 4 is 12.4 Å². The van der Waals surface area contributed by atoms with E-state index in [1.807, 2.05) is 18.2 Å². The van der Waals surface area contributed by atoms with Crippen molar-refractivity contribution in [3.05, 3.63) is 30.2 Å². The summed E-state index contributed by atoms with van der Waals surface area (Å²) in [6.07, 6.45) is 3.90. The maximum Gasteiger partial charge on any atom is 0.202 e. The van der Waals surface area contributed by atoms with Crippen molar-refractivity contribution in [1.29, 1.82) is 0 Å². The molecule has 104 valence electrons. The van der Waals surface area contributed by atoms with Gasteiger partial charge in [-0.15, -0.1) is 12.4 Å². The van der Waals surface area contributed by atoms with Gasteiger partial charge in [0.25, 0.3) is 0 Å². The molecule has 2 N–H and O–H groups in total. The Hall–Kier alpha value is -1.30. The van der Waals surface area contributed by atoms with Gasteiger partial charge in [-0.2, -0.15) is 0 Å². The van der Waals surface area contributed by atoms with Gasteiger partial charge in [0.1, 0.15) is 0 Å². The minimum absolute atomic E-state index is 0. The molecule has 2 aromatic rings. The SMILES string of the molecule is Cl.N[C@@H]1CCCN(Cc2cc(-c3ccco3)on2)C1. The standard InChI is InChI=1S/C13H17N3O2.ClH/c14-10-3-1-5-16(8-10)9-11-7-13(18-15-11)12-4-2-6-17-12;/h2,4,6-7,10H,1,3,5,8-9,14H2;1H/t10-;/m1./s1. The molecule has 0 saturated carbocycles. The highest BCUT2D eigenvalue weighted by atomic mass is 35.5. The van der Waals surface area contributed by atoms with Crippen molar-refractivity contribution in [3.8, 4) is 11.5 Å². The number of rotatable bonds is 3. The largest absolute Gasteiger partial charge is 0.461 e. The molecular formula is C13H18ClN3O2. The molecule has 0 amide bonds. The van der Waals surface area contributed by atoms with Crippen molar-refractivity contribution in [3.63, 3.8) is 0 Å². The molecule has 19 heavy (non-hydrogen) atoms. The normalized spacial score (nSPS) is 20.2. The van der Waals surface area contributed by atoms with Gasteiger partial charge in [0.15, 0.2) is 5.76 Å². The summed E-state index contributed by atoms with van der Waals surface area (Å²) >= 11 is 0. The Labute approximate surface area is 118 Å². The summed E-state index contributed by atoms with van der Waals surface area (Å²) in [6.45, 7) is 2.80. The fraction of sp³-hybridized carbons (Fsp3) is 0.462. The van der Waals surface area contributed by atoms with E-state index in [-0.39, 0.29) is 18.4 Å². The highest BCUT2D eigenvalue weighted by Gasteiger charge is 2.18. The van der Waals surface area contributed by atoms with Crippen molar-refractivity contribution in [1.82, 2.24) is 10.1 Å². The number of furan rings is 1. The average molecular weight is 284 g/mol. The second kappa shape index (κ2) is 6.23.